The van der Waals surface area contributed by atoms with Crippen molar-refractivity contribution in [3.63, 3.8) is 0 Å². The fourth-order valence-electron chi connectivity index (χ4n) is 4.09. The Morgan fingerprint density at radius 2 is 2.03 bits per heavy atom. The van der Waals surface area contributed by atoms with E-state index in [4.69, 9.17) is 4.74 Å². The first-order valence-corrected chi connectivity index (χ1v) is 15.4. The summed E-state index contributed by atoms with van der Waals surface area (Å²) in [6, 6.07) is 3.99. The minimum atomic E-state index is -3.37. The van der Waals surface area contributed by atoms with E-state index in [2.05, 4.69) is 20.1 Å². The van der Waals surface area contributed by atoms with Crippen molar-refractivity contribution in [2.75, 3.05) is 30.9 Å². The summed E-state index contributed by atoms with van der Waals surface area (Å²) in [6.45, 7) is 3.90. The van der Waals surface area contributed by atoms with Gasteiger partial charge in [0, 0.05) is 34.8 Å². The number of aryl methyl sites for hydroxylation is 1. The standard InChI is InChI=1S/C23H29FN6O5S2/c1-5-36(3,32)28-23(31)18-13-30-21(15(18)2)22(25-14-26-30)27-19-9-8-16(24)11-20(19)35-17-7-6-10-29(12-17)37(4,33)34/h5,8-9,11,13-14,17H,6-7,10,12H2,1-4H3,(H,25,26,27)(H,28,31,32). The second kappa shape index (κ2) is 10.3. The number of fused-ring (bicyclic) bond motifs is 1. The third-order valence-corrected chi connectivity index (χ3v) is 8.88. The number of carbonyl (C=O) groups is 1. The molecule has 14 heteroatoms. The van der Waals surface area contributed by atoms with Gasteiger partial charge in [0.05, 0.1) is 24.1 Å². The molecule has 3 heterocycles. The predicted octanol–water partition coefficient (Wildman–Crippen LogP) is 2.10. The summed E-state index contributed by atoms with van der Waals surface area (Å²) in [6.07, 6.45) is 6.18. The van der Waals surface area contributed by atoms with Crippen molar-refractivity contribution < 1.29 is 26.5 Å². The molecular formula is C23H29FN6O5S2. The monoisotopic (exact) mass is 552 g/mol. The average molecular weight is 553 g/mol. The van der Waals surface area contributed by atoms with Crippen LogP contribution in [-0.4, -0.2) is 74.5 Å². The third-order valence-electron chi connectivity index (χ3n) is 6.12. The van der Waals surface area contributed by atoms with Crippen LogP contribution in [0, 0.1) is 12.7 Å². The number of anilines is 2. The van der Waals surface area contributed by atoms with Gasteiger partial charge in [-0.25, -0.2) is 26.5 Å². The maximum atomic E-state index is 14.2. The number of hydrogen-bond donors (Lipinski definition) is 2. The minimum absolute atomic E-state index is 0.165. The molecule has 1 fully saturated rings. The highest BCUT2D eigenvalue weighted by atomic mass is 32.2. The summed E-state index contributed by atoms with van der Waals surface area (Å²) in [4.78, 5) is 17.1. The van der Waals surface area contributed by atoms with E-state index in [0.717, 1.165) is 6.26 Å². The van der Waals surface area contributed by atoms with Gasteiger partial charge in [0.15, 0.2) is 5.82 Å². The molecule has 1 aliphatic rings. The van der Waals surface area contributed by atoms with E-state index in [-0.39, 0.29) is 17.9 Å². The largest absolute Gasteiger partial charge is 0.487 e. The van der Waals surface area contributed by atoms with Crippen LogP contribution in [0.15, 0.2) is 30.7 Å². The second-order valence-corrected chi connectivity index (χ2v) is 13.4. The summed E-state index contributed by atoms with van der Waals surface area (Å²) >= 11 is 0. The van der Waals surface area contributed by atoms with Crippen LogP contribution < -0.4 is 14.8 Å². The number of rotatable bonds is 7. The first-order valence-electron chi connectivity index (χ1n) is 11.5. The van der Waals surface area contributed by atoms with Crippen LogP contribution in [-0.2, 0) is 19.7 Å². The van der Waals surface area contributed by atoms with Crippen molar-refractivity contribution in [3.8, 4) is 5.75 Å². The maximum absolute atomic E-state index is 14.2. The highest BCUT2D eigenvalue weighted by Gasteiger charge is 2.28. The van der Waals surface area contributed by atoms with E-state index >= 15 is 0 Å². The summed E-state index contributed by atoms with van der Waals surface area (Å²) < 4.78 is 61.9. The first-order chi connectivity index (χ1) is 17.4. The number of halogens is 1. The molecule has 0 aliphatic carbocycles. The molecule has 1 saturated heterocycles. The number of ether oxygens (including phenoxy) is 1. The molecule has 0 radical (unpaired) electrons. The maximum Gasteiger partial charge on any atom is 0.264 e. The van der Waals surface area contributed by atoms with Gasteiger partial charge >= 0.3 is 0 Å². The zero-order valence-corrected chi connectivity index (χ0v) is 22.5. The van der Waals surface area contributed by atoms with Gasteiger partial charge in [0.1, 0.15) is 29.5 Å². The summed E-state index contributed by atoms with van der Waals surface area (Å²) in [5, 5.41) is 8.75. The lowest BCUT2D eigenvalue weighted by molar-refractivity contribution is 0.0982. The molecule has 0 bridgehead atoms. The fraction of sp³-hybridized carbons (Fsp3) is 0.391. The smallest absolute Gasteiger partial charge is 0.264 e. The van der Waals surface area contributed by atoms with Gasteiger partial charge in [-0.1, -0.05) is 0 Å². The summed E-state index contributed by atoms with van der Waals surface area (Å²) in [5.41, 5.74) is 1.72. The number of hydrogen-bond acceptors (Lipinski definition) is 8. The Morgan fingerprint density at radius 3 is 2.73 bits per heavy atom. The molecule has 1 aromatic carbocycles. The molecule has 4 rings (SSSR count). The van der Waals surface area contributed by atoms with Gasteiger partial charge in [-0.05, 0) is 49.8 Å². The first kappa shape index (κ1) is 26.8. The number of nitrogens with zero attached hydrogens (tertiary/aromatic N) is 4. The van der Waals surface area contributed by atoms with Crippen molar-refractivity contribution in [2.45, 2.75) is 32.8 Å². The van der Waals surface area contributed by atoms with Gasteiger partial charge in [-0.3, -0.25) is 9.52 Å². The normalized spacial score (nSPS) is 18.2. The molecule has 2 atom stereocenters. The number of nitrogens with one attached hydrogen (secondary N) is 2. The van der Waals surface area contributed by atoms with Crippen molar-refractivity contribution in [2.24, 2.45) is 0 Å². The van der Waals surface area contributed by atoms with Crippen molar-refractivity contribution in [3.05, 3.63) is 47.7 Å². The topological polar surface area (TPSA) is 135 Å². The van der Waals surface area contributed by atoms with E-state index in [1.807, 2.05) is 0 Å². The quantitative estimate of drug-likeness (QED) is 0.426. The lowest BCUT2D eigenvalue weighted by atomic mass is 10.1. The minimum Gasteiger partial charge on any atom is -0.487 e. The molecule has 0 saturated carbocycles. The molecular weight excluding hydrogens is 523 g/mol. The molecule has 2 unspecified atom stereocenters. The van der Waals surface area contributed by atoms with Crippen LogP contribution in [0.1, 0.15) is 35.7 Å². The van der Waals surface area contributed by atoms with Crippen LogP contribution in [0.4, 0.5) is 15.9 Å². The van der Waals surface area contributed by atoms with Crippen molar-refractivity contribution in [1.82, 2.24) is 23.6 Å². The van der Waals surface area contributed by atoms with Crippen molar-refractivity contribution >= 4 is 48.0 Å². The van der Waals surface area contributed by atoms with E-state index in [0.29, 0.717) is 42.0 Å². The number of sulfonamides is 1. The lowest BCUT2D eigenvalue weighted by Gasteiger charge is -2.31. The summed E-state index contributed by atoms with van der Waals surface area (Å²) in [5.74, 6) is -0.497. The Balaban J connectivity index is 1.65. The van der Waals surface area contributed by atoms with Crippen molar-refractivity contribution in [1.29, 1.82) is 0 Å². The second-order valence-electron chi connectivity index (χ2n) is 8.91. The molecule has 3 aromatic rings. The number of aromatic nitrogens is 3. The highest BCUT2D eigenvalue weighted by molar-refractivity contribution is 7.99. The zero-order chi connectivity index (χ0) is 27.0. The molecule has 0 spiro atoms. The van der Waals surface area contributed by atoms with E-state index in [1.165, 1.54) is 51.2 Å². The third kappa shape index (κ3) is 6.02. The van der Waals surface area contributed by atoms with Gasteiger partial charge in [0.25, 0.3) is 5.91 Å². The van der Waals surface area contributed by atoms with Crippen LogP contribution in [0.5, 0.6) is 5.75 Å². The number of piperidine rings is 1. The number of amides is 1. The lowest BCUT2D eigenvalue weighted by Crippen LogP contribution is -2.43. The molecule has 37 heavy (non-hydrogen) atoms. The van der Waals surface area contributed by atoms with Gasteiger partial charge in [0.2, 0.25) is 10.0 Å². The van der Waals surface area contributed by atoms with E-state index < -0.39 is 37.6 Å². The molecule has 200 valence electrons. The van der Waals surface area contributed by atoms with Gasteiger partial charge in [-0.15, -0.1) is 0 Å². The Hall–Kier alpha value is -3.23. The Bertz CT molecular complexity index is 1580. The van der Waals surface area contributed by atoms with Gasteiger partial charge < -0.3 is 10.1 Å². The predicted molar refractivity (Wildman–Crippen MR) is 141 cm³/mol. The number of carbonyl (C=O) groups excluding carboxylic acids is 1. The highest BCUT2D eigenvalue weighted by Crippen LogP contribution is 2.33. The zero-order valence-electron chi connectivity index (χ0n) is 20.9. The van der Waals surface area contributed by atoms with E-state index in [1.54, 1.807) is 13.8 Å². The molecule has 2 aromatic heterocycles. The number of benzene rings is 1. The Kier molecular flexibility index (Phi) is 7.44. The molecule has 11 nitrogen and oxygen atoms in total. The molecule has 1 aliphatic heterocycles. The van der Waals surface area contributed by atoms with Crippen LogP contribution in [0.3, 0.4) is 0 Å². The Labute approximate surface area is 215 Å². The van der Waals surface area contributed by atoms with Crippen LogP contribution in [0.2, 0.25) is 0 Å². The molecule has 2 N–H and O–H groups in total. The average Bonchev–Trinajstić information content (AvgIpc) is 3.18. The summed E-state index contributed by atoms with van der Waals surface area (Å²) in [7, 11) is -6.02. The fourth-order valence-corrected chi connectivity index (χ4v) is 5.58. The van der Waals surface area contributed by atoms with E-state index in [9.17, 15) is 21.8 Å². The van der Waals surface area contributed by atoms with Gasteiger partial charge in [-0.2, -0.15) is 9.40 Å². The Morgan fingerprint density at radius 1 is 1.27 bits per heavy atom. The van der Waals surface area contributed by atoms with Crippen LogP contribution >= 0.6 is 0 Å². The van der Waals surface area contributed by atoms with Crippen LogP contribution in [0.25, 0.3) is 5.52 Å². The SMILES string of the molecule is CC=S(C)(=O)NC(=O)c1cn2ncnc(Nc3ccc(F)cc3OC3CCCN(S(C)(=O)=O)C3)c2c1C. The molecule has 1 amide bonds.